The van der Waals surface area contributed by atoms with E-state index in [0.717, 1.165) is 57.8 Å². The molecule has 0 aliphatic carbocycles. The number of ether oxygens (including phenoxy) is 7. The minimum atomic E-state index is -0.872. The number of esters is 4. The first kappa shape index (κ1) is 57.0. The van der Waals surface area contributed by atoms with Crippen LogP contribution in [0.4, 0.5) is 0 Å². The summed E-state index contributed by atoms with van der Waals surface area (Å²) in [6.07, 6.45) is 19.5. The Hall–Kier alpha value is -6.95. The molecular formula is C61H74O12. The average molecular weight is 999 g/mol. The van der Waals surface area contributed by atoms with E-state index in [1.54, 1.807) is 72.8 Å². The van der Waals surface area contributed by atoms with Crippen molar-refractivity contribution in [3.05, 3.63) is 143 Å². The summed E-state index contributed by atoms with van der Waals surface area (Å²) in [5.74, 6) is -1.16. The summed E-state index contributed by atoms with van der Waals surface area (Å²) < 4.78 is 40.3. The molecule has 0 aliphatic rings. The van der Waals surface area contributed by atoms with E-state index in [4.69, 9.17) is 33.2 Å². The number of hydrogen-bond acceptors (Lipinski definition) is 12. The summed E-state index contributed by atoms with van der Waals surface area (Å²) in [7, 11) is 0. The molecule has 5 aromatic rings. The van der Waals surface area contributed by atoms with Gasteiger partial charge in [-0.1, -0.05) is 110 Å². The Morgan fingerprint density at radius 2 is 0.918 bits per heavy atom. The smallest absolute Gasteiger partial charge is 0.343 e. The molecule has 0 spiro atoms. The molecule has 0 fully saturated rings. The fraction of sp³-hybridized carbons (Fsp3) is 0.426. The Morgan fingerprint density at radius 3 is 1.56 bits per heavy atom. The maximum atomic E-state index is 13.7. The highest BCUT2D eigenvalue weighted by Gasteiger charge is 2.22. The van der Waals surface area contributed by atoms with Crippen LogP contribution in [0.25, 0.3) is 0 Å². The van der Waals surface area contributed by atoms with Crippen LogP contribution in [0.1, 0.15) is 195 Å². The zero-order chi connectivity index (χ0) is 52.0. The van der Waals surface area contributed by atoms with E-state index < -0.39 is 23.9 Å². The lowest BCUT2D eigenvalue weighted by molar-refractivity contribution is 0.0443. The summed E-state index contributed by atoms with van der Waals surface area (Å²) >= 11 is 0. The fourth-order valence-electron chi connectivity index (χ4n) is 7.90. The Kier molecular flexibility index (Phi) is 25.1. The number of rotatable bonds is 34. The van der Waals surface area contributed by atoms with Crippen LogP contribution in [0.15, 0.2) is 115 Å². The van der Waals surface area contributed by atoms with Gasteiger partial charge < -0.3 is 33.2 Å². The van der Waals surface area contributed by atoms with Gasteiger partial charge in [0.25, 0.3) is 0 Å². The van der Waals surface area contributed by atoms with Gasteiger partial charge in [0.15, 0.2) is 5.78 Å². The monoisotopic (exact) mass is 999 g/mol. The van der Waals surface area contributed by atoms with Crippen molar-refractivity contribution >= 4 is 29.7 Å². The van der Waals surface area contributed by atoms with Gasteiger partial charge in [-0.2, -0.15) is 0 Å². The molecule has 1 unspecified atom stereocenters. The highest BCUT2D eigenvalue weighted by molar-refractivity contribution is 5.98. The highest BCUT2D eigenvalue weighted by atomic mass is 16.6. The summed E-state index contributed by atoms with van der Waals surface area (Å²) in [6, 6.07) is 30.1. The molecule has 0 amide bonds. The molecule has 5 rings (SSSR count). The number of unbranched alkanes of at least 4 members (excludes halogenated alkanes) is 13. The van der Waals surface area contributed by atoms with Crippen LogP contribution in [-0.2, 0) is 4.74 Å². The summed E-state index contributed by atoms with van der Waals surface area (Å²) in [4.78, 5) is 66.3. The maximum Gasteiger partial charge on any atom is 0.343 e. The van der Waals surface area contributed by atoms with Gasteiger partial charge in [0.05, 0.1) is 29.4 Å². The van der Waals surface area contributed by atoms with E-state index in [9.17, 15) is 24.0 Å². The number of carbonyl (C=O) groups is 5. The molecule has 73 heavy (non-hydrogen) atoms. The molecule has 0 radical (unpaired) electrons. The Balaban J connectivity index is 1.20. The van der Waals surface area contributed by atoms with Crippen molar-refractivity contribution in [3.8, 4) is 34.5 Å². The van der Waals surface area contributed by atoms with E-state index in [0.29, 0.717) is 41.4 Å². The van der Waals surface area contributed by atoms with Crippen LogP contribution in [0.5, 0.6) is 34.5 Å². The fourth-order valence-corrected chi connectivity index (χ4v) is 7.90. The highest BCUT2D eigenvalue weighted by Crippen LogP contribution is 2.29. The molecule has 12 nitrogen and oxygen atoms in total. The van der Waals surface area contributed by atoms with Gasteiger partial charge in [0.2, 0.25) is 0 Å². The van der Waals surface area contributed by atoms with E-state index in [2.05, 4.69) is 20.8 Å². The summed E-state index contributed by atoms with van der Waals surface area (Å²) in [5, 5.41) is 0. The topological polar surface area (TPSA) is 150 Å². The van der Waals surface area contributed by atoms with Crippen molar-refractivity contribution in [1.82, 2.24) is 0 Å². The van der Waals surface area contributed by atoms with Crippen LogP contribution in [0.2, 0.25) is 0 Å². The third-order valence-corrected chi connectivity index (χ3v) is 12.1. The number of ketones is 1. The quantitative estimate of drug-likeness (QED) is 0.0167. The Morgan fingerprint density at radius 1 is 0.411 bits per heavy atom. The van der Waals surface area contributed by atoms with Gasteiger partial charge in [-0.3, -0.25) is 4.79 Å². The van der Waals surface area contributed by atoms with E-state index in [1.165, 1.54) is 93.8 Å². The summed E-state index contributed by atoms with van der Waals surface area (Å²) in [6.45, 7) is 8.94. The molecule has 0 aromatic heterocycles. The third-order valence-electron chi connectivity index (χ3n) is 12.1. The molecule has 12 heteroatoms. The van der Waals surface area contributed by atoms with Crippen LogP contribution in [-0.4, -0.2) is 55.6 Å². The van der Waals surface area contributed by atoms with Crippen LogP contribution in [0, 0.1) is 0 Å². The van der Waals surface area contributed by atoms with Gasteiger partial charge in [0.1, 0.15) is 53.3 Å². The average Bonchev–Trinajstić information content (AvgIpc) is 3.40. The second-order valence-corrected chi connectivity index (χ2v) is 18.2. The normalized spacial score (nSPS) is 11.3. The van der Waals surface area contributed by atoms with Crippen molar-refractivity contribution in [2.75, 3.05) is 19.8 Å². The predicted octanol–water partition coefficient (Wildman–Crippen LogP) is 15.0. The Bertz CT molecular complexity index is 2460. The minimum Gasteiger partial charge on any atom is -0.494 e. The SMILES string of the molecule is CCCCCCCCOc1ccc(C(=O)Oc2ccc(C(=O)Oc3ccc(OC(=O)c4cccc(OC(C)CCCCCC)c4)cc3C(=O)OCCOc3ccc(C(=O)CCCCCCCC)cc3)cc2)cc1. The first-order valence-corrected chi connectivity index (χ1v) is 26.4. The maximum absolute atomic E-state index is 13.7. The number of carbonyl (C=O) groups excluding carboxylic acids is 5. The largest absolute Gasteiger partial charge is 0.494 e. The molecule has 0 aliphatic heterocycles. The van der Waals surface area contributed by atoms with Crippen LogP contribution < -0.4 is 28.4 Å². The van der Waals surface area contributed by atoms with Crippen LogP contribution in [0.3, 0.4) is 0 Å². The van der Waals surface area contributed by atoms with Gasteiger partial charge in [-0.15, -0.1) is 0 Å². The van der Waals surface area contributed by atoms with Crippen LogP contribution >= 0.6 is 0 Å². The molecule has 390 valence electrons. The Labute approximate surface area is 432 Å². The zero-order valence-corrected chi connectivity index (χ0v) is 43.3. The second kappa shape index (κ2) is 32.2. The number of Topliss-reactive ketones (excluding diaryl/α,β-unsaturated/α-hetero) is 1. The van der Waals surface area contributed by atoms with Gasteiger partial charge in [-0.05, 0) is 142 Å². The molecule has 0 heterocycles. The molecule has 0 N–H and O–H groups in total. The van der Waals surface area contributed by atoms with Gasteiger partial charge >= 0.3 is 23.9 Å². The first-order valence-electron chi connectivity index (χ1n) is 26.4. The van der Waals surface area contributed by atoms with Gasteiger partial charge in [0, 0.05) is 12.0 Å². The lowest BCUT2D eigenvalue weighted by atomic mass is 10.0. The van der Waals surface area contributed by atoms with E-state index in [-0.39, 0.29) is 59.0 Å². The molecule has 0 bridgehead atoms. The minimum absolute atomic E-state index is 0.00348. The van der Waals surface area contributed by atoms with Gasteiger partial charge in [-0.25, -0.2) is 19.2 Å². The zero-order valence-electron chi connectivity index (χ0n) is 43.3. The molecular weight excluding hydrogens is 925 g/mol. The standard InChI is InChI=1S/C61H74O12/c1-5-8-11-14-16-19-25-56(62)46-26-32-51(33-27-46)68-41-42-69-61(66)55-44-54(72-60(65)49-23-21-24-53(43-49)70-45(4)22-18-13-10-7-3)38-39-57(55)73-59(64)48-30-36-52(37-31-48)71-58(63)47-28-34-50(35-29-47)67-40-20-17-15-12-9-6-2/h21,23-24,26-39,43-45H,5-20,22,25,40-42H2,1-4H3. The van der Waals surface area contributed by atoms with Crippen molar-refractivity contribution < 1.29 is 57.1 Å². The second-order valence-electron chi connectivity index (χ2n) is 18.2. The van der Waals surface area contributed by atoms with Crippen molar-refractivity contribution in [2.24, 2.45) is 0 Å². The number of hydrogen-bond donors (Lipinski definition) is 0. The van der Waals surface area contributed by atoms with Crippen molar-refractivity contribution in [3.63, 3.8) is 0 Å². The van der Waals surface area contributed by atoms with E-state index in [1.807, 2.05) is 6.92 Å². The van der Waals surface area contributed by atoms with Crippen molar-refractivity contribution in [1.29, 1.82) is 0 Å². The van der Waals surface area contributed by atoms with E-state index >= 15 is 0 Å². The summed E-state index contributed by atoms with van der Waals surface area (Å²) in [5.41, 5.74) is 1.09. The number of benzene rings is 5. The lowest BCUT2D eigenvalue weighted by Crippen LogP contribution is -2.16. The molecule has 0 saturated carbocycles. The molecule has 0 saturated heterocycles. The predicted molar refractivity (Wildman–Crippen MR) is 283 cm³/mol. The third kappa shape index (κ3) is 20.6. The first-order chi connectivity index (χ1) is 35.6. The molecule has 1 atom stereocenters. The van der Waals surface area contributed by atoms with Crippen molar-refractivity contribution in [2.45, 2.75) is 149 Å². The lowest BCUT2D eigenvalue weighted by Gasteiger charge is -2.15. The molecule has 5 aromatic carbocycles.